The van der Waals surface area contributed by atoms with Crippen LogP contribution in [0.25, 0.3) is 11.5 Å². The molecule has 2 aromatic heterocycles. The van der Waals surface area contributed by atoms with Gasteiger partial charge in [-0.2, -0.15) is 5.10 Å². The molecule has 6 nitrogen and oxygen atoms in total. The number of aromatic nitrogens is 3. The van der Waals surface area contributed by atoms with Crippen LogP contribution in [0.1, 0.15) is 49.4 Å². The summed E-state index contributed by atoms with van der Waals surface area (Å²) in [6.45, 7) is 5.19. The zero-order valence-electron chi connectivity index (χ0n) is 17.7. The maximum Gasteiger partial charge on any atom is 0.256 e. The van der Waals surface area contributed by atoms with Gasteiger partial charge in [0.25, 0.3) is 5.91 Å². The van der Waals surface area contributed by atoms with Crippen molar-refractivity contribution in [2.24, 2.45) is 0 Å². The Hall–Kier alpha value is -2.86. The summed E-state index contributed by atoms with van der Waals surface area (Å²) in [5, 5.41) is 7.62. The Labute approximate surface area is 178 Å². The second kappa shape index (κ2) is 9.76. The van der Waals surface area contributed by atoms with Gasteiger partial charge in [0.1, 0.15) is 5.56 Å². The van der Waals surface area contributed by atoms with Crippen molar-refractivity contribution in [3.63, 3.8) is 0 Å². The minimum atomic E-state index is -0.0773. The van der Waals surface area contributed by atoms with E-state index in [1.807, 2.05) is 64.1 Å². The first-order chi connectivity index (χ1) is 14.8. The molecule has 1 aliphatic rings. The maximum absolute atomic E-state index is 13.0. The van der Waals surface area contributed by atoms with Crippen LogP contribution >= 0.6 is 0 Å². The van der Waals surface area contributed by atoms with Crippen LogP contribution in [-0.4, -0.2) is 50.8 Å². The number of hydrogen-bond acceptors (Lipinski definition) is 3. The van der Waals surface area contributed by atoms with Gasteiger partial charge in [0.05, 0.1) is 11.9 Å². The first-order valence-corrected chi connectivity index (χ1v) is 11.1. The van der Waals surface area contributed by atoms with Gasteiger partial charge >= 0.3 is 0 Å². The summed E-state index contributed by atoms with van der Waals surface area (Å²) >= 11 is 0. The van der Waals surface area contributed by atoms with Gasteiger partial charge in [0.15, 0.2) is 5.82 Å². The molecule has 0 spiro atoms. The average molecular weight is 406 g/mol. The first-order valence-electron chi connectivity index (χ1n) is 11.1. The van der Waals surface area contributed by atoms with Crippen LogP contribution in [0.5, 0.6) is 0 Å². The molecule has 3 aromatic rings. The maximum atomic E-state index is 13.0. The number of likely N-dealkylation sites (tertiary alicyclic amines) is 1. The van der Waals surface area contributed by atoms with Crippen molar-refractivity contribution in [2.45, 2.75) is 45.1 Å². The average Bonchev–Trinajstić information content (AvgIpc) is 3.47. The highest BCUT2D eigenvalue weighted by atomic mass is 16.1. The topological polar surface area (TPSA) is 55.1 Å². The molecule has 1 unspecified atom stereocenters. The van der Waals surface area contributed by atoms with Gasteiger partial charge in [0.2, 0.25) is 0 Å². The van der Waals surface area contributed by atoms with Crippen LogP contribution in [0.15, 0.2) is 61.1 Å². The quantitative estimate of drug-likeness (QED) is 0.575. The summed E-state index contributed by atoms with van der Waals surface area (Å²) in [6.07, 6.45) is 11.7. The highest BCUT2D eigenvalue weighted by Gasteiger charge is 2.21. The number of amides is 1. The van der Waals surface area contributed by atoms with Crippen LogP contribution in [0.3, 0.4) is 0 Å². The Morgan fingerprint density at radius 2 is 1.93 bits per heavy atom. The third-order valence-corrected chi connectivity index (χ3v) is 5.97. The zero-order valence-corrected chi connectivity index (χ0v) is 17.7. The molecule has 0 aliphatic carbocycles. The summed E-state index contributed by atoms with van der Waals surface area (Å²) in [5.74, 6) is 0.678. The molecule has 1 atom stereocenters. The minimum absolute atomic E-state index is 0.0773. The van der Waals surface area contributed by atoms with E-state index in [2.05, 4.69) is 22.2 Å². The Morgan fingerprint density at radius 3 is 2.70 bits per heavy atom. The van der Waals surface area contributed by atoms with Crippen molar-refractivity contribution in [1.29, 1.82) is 0 Å². The lowest BCUT2D eigenvalue weighted by Crippen LogP contribution is -2.40. The van der Waals surface area contributed by atoms with E-state index in [1.54, 1.807) is 6.20 Å². The Morgan fingerprint density at radius 1 is 1.13 bits per heavy atom. The van der Waals surface area contributed by atoms with Crippen LogP contribution in [0, 0.1) is 0 Å². The van der Waals surface area contributed by atoms with Gasteiger partial charge in [-0.1, -0.05) is 31.5 Å². The van der Waals surface area contributed by atoms with Crippen molar-refractivity contribution in [1.82, 2.24) is 24.6 Å². The number of para-hydroxylation sites is 1. The fourth-order valence-corrected chi connectivity index (χ4v) is 4.38. The van der Waals surface area contributed by atoms with E-state index in [0.717, 1.165) is 24.5 Å². The molecular weight excluding hydrogens is 374 g/mol. The fraction of sp³-hybridized carbons (Fsp3) is 0.417. The van der Waals surface area contributed by atoms with Crippen molar-refractivity contribution >= 4 is 5.91 Å². The van der Waals surface area contributed by atoms with Gasteiger partial charge in [-0.25, -0.2) is 4.68 Å². The van der Waals surface area contributed by atoms with E-state index in [1.165, 1.54) is 32.2 Å². The van der Waals surface area contributed by atoms with E-state index < -0.39 is 0 Å². The second-order valence-electron chi connectivity index (χ2n) is 7.92. The normalized spacial score (nSPS) is 17.2. The van der Waals surface area contributed by atoms with E-state index in [9.17, 15) is 4.79 Å². The zero-order chi connectivity index (χ0) is 20.8. The SMILES string of the molecule is CCC1CCCCN1CCCNC(=O)c1cnn(-c2ccccc2)c1-n1cccc1. The van der Waals surface area contributed by atoms with E-state index in [-0.39, 0.29) is 5.91 Å². The molecule has 4 rings (SSSR count). The highest BCUT2D eigenvalue weighted by molar-refractivity contribution is 5.97. The lowest BCUT2D eigenvalue weighted by atomic mass is 10.00. The monoisotopic (exact) mass is 405 g/mol. The van der Waals surface area contributed by atoms with Gasteiger partial charge in [-0.3, -0.25) is 4.79 Å². The molecule has 6 heteroatoms. The molecule has 0 bridgehead atoms. The molecule has 0 saturated carbocycles. The molecule has 1 amide bonds. The molecule has 1 aliphatic heterocycles. The lowest BCUT2D eigenvalue weighted by molar-refractivity contribution is 0.0947. The number of carbonyl (C=O) groups excluding carboxylic acids is 1. The first kappa shape index (κ1) is 20.4. The predicted molar refractivity (Wildman–Crippen MR) is 119 cm³/mol. The third kappa shape index (κ3) is 4.49. The van der Waals surface area contributed by atoms with Crippen LogP contribution in [-0.2, 0) is 0 Å². The Balaban J connectivity index is 1.43. The molecule has 1 aromatic carbocycles. The Kier molecular flexibility index (Phi) is 6.64. The standard InChI is InChI=1S/C24H31N5O/c1-2-20-11-6-7-15-27(20)18-10-14-25-23(30)22-19-26-29(21-12-4-3-5-13-21)24(22)28-16-8-9-17-28/h3-5,8-9,12-13,16-17,19-20H,2,6-7,10-11,14-15,18H2,1H3,(H,25,30). The van der Waals surface area contributed by atoms with Gasteiger partial charge < -0.3 is 14.8 Å². The van der Waals surface area contributed by atoms with Gasteiger partial charge in [0, 0.05) is 31.5 Å². The molecule has 1 N–H and O–H groups in total. The van der Waals surface area contributed by atoms with Crippen LogP contribution < -0.4 is 5.32 Å². The molecule has 30 heavy (non-hydrogen) atoms. The predicted octanol–water partition coefficient (Wildman–Crippen LogP) is 4.05. The van der Waals surface area contributed by atoms with Crippen molar-refractivity contribution < 1.29 is 4.79 Å². The third-order valence-electron chi connectivity index (χ3n) is 5.97. The molecule has 0 radical (unpaired) electrons. The number of rotatable bonds is 8. The number of piperidine rings is 1. The summed E-state index contributed by atoms with van der Waals surface area (Å²) in [6, 6.07) is 14.5. The summed E-state index contributed by atoms with van der Waals surface area (Å²) < 4.78 is 3.75. The molecule has 1 fully saturated rings. The number of hydrogen-bond donors (Lipinski definition) is 1. The van der Waals surface area contributed by atoms with Crippen molar-refractivity contribution in [2.75, 3.05) is 19.6 Å². The molecule has 3 heterocycles. The lowest BCUT2D eigenvalue weighted by Gasteiger charge is -2.35. The van der Waals surface area contributed by atoms with Crippen molar-refractivity contribution in [3.8, 4) is 11.5 Å². The minimum Gasteiger partial charge on any atom is -0.352 e. The van der Waals surface area contributed by atoms with Crippen LogP contribution in [0.2, 0.25) is 0 Å². The van der Waals surface area contributed by atoms with E-state index >= 15 is 0 Å². The Bertz CT molecular complexity index is 932. The summed E-state index contributed by atoms with van der Waals surface area (Å²) in [7, 11) is 0. The summed E-state index contributed by atoms with van der Waals surface area (Å²) in [4.78, 5) is 15.6. The number of nitrogens with zero attached hydrogens (tertiary/aromatic N) is 4. The largest absolute Gasteiger partial charge is 0.352 e. The summed E-state index contributed by atoms with van der Waals surface area (Å²) in [5.41, 5.74) is 1.51. The van der Waals surface area contributed by atoms with E-state index in [4.69, 9.17) is 0 Å². The number of benzene rings is 1. The highest BCUT2D eigenvalue weighted by Crippen LogP contribution is 2.21. The molecular formula is C24H31N5O. The fourth-order valence-electron chi connectivity index (χ4n) is 4.38. The number of carbonyl (C=O) groups is 1. The van der Waals surface area contributed by atoms with Crippen LogP contribution in [0.4, 0.5) is 0 Å². The smallest absolute Gasteiger partial charge is 0.256 e. The van der Waals surface area contributed by atoms with Gasteiger partial charge in [-0.15, -0.1) is 0 Å². The second-order valence-corrected chi connectivity index (χ2v) is 7.92. The van der Waals surface area contributed by atoms with E-state index in [0.29, 0.717) is 18.2 Å². The molecule has 1 saturated heterocycles. The molecule has 158 valence electrons. The number of nitrogens with one attached hydrogen (secondary N) is 1. The van der Waals surface area contributed by atoms with Gasteiger partial charge in [-0.05, 0) is 56.5 Å². The van der Waals surface area contributed by atoms with Crippen molar-refractivity contribution in [3.05, 3.63) is 66.6 Å².